The minimum atomic E-state index is -0.477. The van der Waals surface area contributed by atoms with Gasteiger partial charge in [-0.3, -0.25) is 4.79 Å². The Bertz CT molecular complexity index is 1020. The predicted octanol–water partition coefficient (Wildman–Crippen LogP) is 5.46. The van der Waals surface area contributed by atoms with Crippen molar-refractivity contribution in [2.45, 2.75) is 5.92 Å². The molecule has 3 aromatic rings. The van der Waals surface area contributed by atoms with Crippen LogP contribution in [0.15, 0.2) is 88.4 Å². The summed E-state index contributed by atoms with van der Waals surface area (Å²) in [5, 5.41) is 4.11. The number of fused-ring (bicyclic) bond motifs is 2. The van der Waals surface area contributed by atoms with Gasteiger partial charge in [-0.05, 0) is 39.7 Å². The third-order valence-corrected chi connectivity index (χ3v) is 4.84. The second-order valence-corrected chi connectivity index (χ2v) is 7.20. The summed E-state index contributed by atoms with van der Waals surface area (Å²) in [5.74, 6) is 0.695. The van der Waals surface area contributed by atoms with E-state index in [9.17, 15) is 4.79 Å². The van der Waals surface area contributed by atoms with Gasteiger partial charge in [0.15, 0.2) is 0 Å². The van der Waals surface area contributed by atoms with Crippen LogP contribution in [0.2, 0.25) is 0 Å². The van der Waals surface area contributed by atoms with E-state index in [1.54, 1.807) is 6.21 Å². The van der Waals surface area contributed by atoms with Crippen molar-refractivity contribution < 1.29 is 9.53 Å². The lowest BCUT2D eigenvalue weighted by molar-refractivity contribution is -0.121. The molecule has 0 saturated heterocycles. The average Bonchev–Trinajstić information content (AvgIpc) is 2.72. The number of nitrogens with one attached hydrogen (secondary N) is 1. The van der Waals surface area contributed by atoms with Crippen molar-refractivity contribution >= 4 is 34.1 Å². The van der Waals surface area contributed by atoms with Gasteiger partial charge in [-0.25, -0.2) is 5.43 Å². The van der Waals surface area contributed by atoms with E-state index < -0.39 is 5.92 Å². The quantitative estimate of drug-likeness (QED) is 0.439. The van der Waals surface area contributed by atoms with Gasteiger partial charge < -0.3 is 4.74 Å². The summed E-state index contributed by atoms with van der Waals surface area (Å²) in [6.45, 7) is 0. The molecule has 28 heavy (non-hydrogen) atoms. The molecule has 1 N–H and O–H groups in total. The second kappa shape index (κ2) is 8.23. The summed E-state index contributed by atoms with van der Waals surface area (Å²) >= 11 is 3.45. The highest BCUT2D eigenvalue weighted by molar-refractivity contribution is 9.12. The van der Waals surface area contributed by atoms with Crippen molar-refractivity contribution in [3.63, 3.8) is 0 Å². The maximum atomic E-state index is 12.9. The minimum absolute atomic E-state index is 0.209. The summed E-state index contributed by atoms with van der Waals surface area (Å²) in [4.78, 5) is 12.9. The third-order valence-electron chi connectivity index (χ3n) is 4.41. The minimum Gasteiger partial charge on any atom is -0.457 e. The lowest BCUT2D eigenvalue weighted by Crippen LogP contribution is -2.28. The summed E-state index contributed by atoms with van der Waals surface area (Å²) in [7, 11) is 0. The molecule has 4 rings (SSSR count). The number of benzene rings is 3. The number of para-hydroxylation sites is 2. The first-order valence-corrected chi connectivity index (χ1v) is 9.62. The maximum Gasteiger partial charge on any atom is 0.252 e. The summed E-state index contributed by atoms with van der Waals surface area (Å²) < 4.78 is 6.69. The molecule has 1 aliphatic rings. The second-order valence-electron chi connectivity index (χ2n) is 6.28. The van der Waals surface area contributed by atoms with E-state index >= 15 is 0 Å². The van der Waals surface area contributed by atoms with Crippen molar-refractivity contribution in [3.8, 4) is 11.5 Å². The molecular weight excluding hydrogens is 416 g/mol. The fourth-order valence-corrected chi connectivity index (χ4v) is 3.53. The van der Waals surface area contributed by atoms with Gasteiger partial charge >= 0.3 is 0 Å². The van der Waals surface area contributed by atoms with Crippen LogP contribution < -0.4 is 10.2 Å². The fourth-order valence-electron chi connectivity index (χ4n) is 3.16. The van der Waals surface area contributed by atoms with Crippen molar-refractivity contribution in [2.75, 3.05) is 0 Å². The van der Waals surface area contributed by atoms with Crippen LogP contribution in [0.4, 0.5) is 0 Å². The molecule has 0 saturated carbocycles. The first-order valence-electron chi connectivity index (χ1n) is 8.83. The van der Waals surface area contributed by atoms with Gasteiger partial charge in [-0.15, -0.1) is 0 Å². The Morgan fingerprint density at radius 3 is 2.11 bits per heavy atom. The molecule has 0 aromatic heterocycles. The van der Waals surface area contributed by atoms with Crippen LogP contribution >= 0.6 is 15.9 Å². The molecule has 1 amide bonds. The Morgan fingerprint density at radius 2 is 1.46 bits per heavy atom. The molecule has 0 atom stereocenters. The first kappa shape index (κ1) is 18.2. The Morgan fingerprint density at radius 1 is 0.893 bits per heavy atom. The van der Waals surface area contributed by atoms with E-state index in [2.05, 4.69) is 26.5 Å². The van der Waals surface area contributed by atoms with E-state index in [1.165, 1.54) is 0 Å². The number of hydrogen-bond donors (Lipinski definition) is 1. The monoisotopic (exact) mass is 432 g/mol. The molecule has 0 radical (unpaired) electrons. The van der Waals surface area contributed by atoms with Gasteiger partial charge in [0.25, 0.3) is 5.91 Å². The summed E-state index contributed by atoms with van der Waals surface area (Å²) in [6.07, 6.45) is 3.50. The molecule has 1 heterocycles. The SMILES string of the molecule is O=C(N/N=C\C(Br)=C/c1ccccc1)C1c2ccccc2Oc2ccccc21. The Kier molecular flexibility index (Phi) is 5.35. The average molecular weight is 433 g/mol. The highest BCUT2D eigenvalue weighted by Gasteiger charge is 2.32. The number of amides is 1. The fraction of sp³-hybridized carbons (Fsp3) is 0.0435. The molecule has 0 bridgehead atoms. The van der Waals surface area contributed by atoms with E-state index in [0.717, 1.165) is 21.2 Å². The van der Waals surface area contributed by atoms with Crippen LogP contribution in [0.25, 0.3) is 6.08 Å². The Hall–Kier alpha value is -3.18. The van der Waals surface area contributed by atoms with Gasteiger partial charge in [-0.2, -0.15) is 5.10 Å². The molecular formula is C23H17BrN2O2. The smallest absolute Gasteiger partial charge is 0.252 e. The number of carbonyl (C=O) groups is 1. The van der Waals surface area contributed by atoms with Gasteiger partial charge in [0.1, 0.15) is 11.5 Å². The molecule has 3 aromatic carbocycles. The zero-order valence-electron chi connectivity index (χ0n) is 14.9. The van der Waals surface area contributed by atoms with Gasteiger partial charge in [-0.1, -0.05) is 66.7 Å². The number of halogens is 1. The Balaban J connectivity index is 1.55. The highest BCUT2D eigenvalue weighted by atomic mass is 79.9. The number of hydrazone groups is 1. The number of rotatable bonds is 4. The van der Waals surface area contributed by atoms with Gasteiger partial charge in [0, 0.05) is 15.6 Å². The van der Waals surface area contributed by atoms with Gasteiger partial charge in [0.05, 0.1) is 12.1 Å². The highest BCUT2D eigenvalue weighted by Crippen LogP contribution is 2.43. The molecule has 0 spiro atoms. The molecule has 5 heteroatoms. The number of carbonyl (C=O) groups excluding carboxylic acids is 1. The van der Waals surface area contributed by atoms with E-state index in [-0.39, 0.29) is 5.91 Å². The van der Waals surface area contributed by atoms with E-state index in [0.29, 0.717) is 11.5 Å². The Labute approximate surface area is 171 Å². The standard InChI is InChI=1S/C23H17BrN2O2/c24-17(14-16-8-2-1-3-9-16)15-25-26-23(27)22-18-10-4-6-12-20(18)28-21-13-7-5-11-19(21)22/h1-15,22H,(H,26,27)/b17-14+,25-15-. The predicted molar refractivity (Wildman–Crippen MR) is 115 cm³/mol. The van der Waals surface area contributed by atoms with Crippen LogP contribution in [0, 0.1) is 0 Å². The molecule has 4 nitrogen and oxygen atoms in total. The topological polar surface area (TPSA) is 50.7 Å². The van der Waals surface area contributed by atoms with Crippen LogP contribution in [0.5, 0.6) is 11.5 Å². The summed E-state index contributed by atoms with van der Waals surface area (Å²) in [5.41, 5.74) is 5.35. The van der Waals surface area contributed by atoms with Crippen molar-refractivity contribution in [1.29, 1.82) is 0 Å². The molecule has 0 fully saturated rings. The third kappa shape index (κ3) is 3.89. The lowest BCUT2D eigenvalue weighted by atomic mass is 9.87. The molecule has 138 valence electrons. The van der Waals surface area contributed by atoms with Crippen LogP contribution in [0.3, 0.4) is 0 Å². The van der Waals surface area contributed by atoms with Gasteiger partial charge in [0.2, 0.25) is 0 Å². The van der Waals surface area contributed by atoms with Crippen molar-refractivity contribution in [1.82, 2.24) is 5.43 Å². The zero-order valence-corrected chi connectivity index (χ0v) is 16.5. The normalized spacial score (nSPS) is 13.5. The number of allylic oxidation sites excluding steroid dienone is 1. The zero-order chi connectivity index (χ0) is 19.3. The van der Waals surface area contributed by atoms with Crippen molar-refractivity contribution in [3.05, 3.63) is 100 Å². The summed E-state index contributed by atoms with van der Waals surface area (Å²) in [6, 6.07) is 25.0. The van der Waals surface area contributed by atoms with E-state index in [1.807, 2.05) is 84.9 Å². The number of hydrogen-bond acceptors (Lipinski definition) is 3. The largest absolute Gasteiger partial charge is 0.457 e. The lowest BCUT2D eigenvalue weighted by Gasteiger charge is -2.26. The van der Waals surface area contributed by atoms with Crippen molar-refractivity contribution in [2.24, 2.45) is 5.10 Å². The van der Waals surface area contributed by atoms with Crippen LogP contribution in [-0.2, 0) is 4.79 Å². The molecule has 0 unspecified atom stereocenters. The molecule has 1 aliphatic heterocycles. The van der Waals surface area contributed by atoms with Crippen LogP contribution in [0.1, 0.15) is 22.6 Å². The first-order chi connectivity index (χ1) is 13.7. The molecule has 0 aliphatic carbocycles. The number of nitrogens with zero attached hydrogens (tertiary/aromatic N) is 1. The van der Waals surface area contributed by atoms with Crippen LogP contribution in [-0.4, -0.2) is 12.1 Å². The maximum absolute atomic E-state index is 12.9. The number of ether oxygens (including phenoxy) is 1. The van der Waals surface area contributed by atoms with E-state index in [4.69, 9.17) is 4.74 Å².